The van der Waals surface area contributed by atoms with Crippen LogP contribution in [0, 0.1) is 5.92 Å². The van der Waals surface area contributed by atoms with E-state index < -0.39 is 0 Å². The summed E-state index contributed by atoms with van der Waals surface area (Å²) in [5, 5.41) is 3.54. The number of H-pyrrole nitrogens is 1. The van der Waals surface area contributed by atoms with E-state index in [9.17, 15) is 0 Å². The minimum atomic E-state index is 0.352. The van der Waals surface area contributed by atoms with Gasteiger partial charge in [0, 0.05) is 12.6 Å². The lowest BCUT2D eigenvalue weighted by Crippen LogP contribution is -2.38. The smallest absolute Gasteiger partial charge is 0.182 e. The molecule has 0 aliphatic carbocycles. The third-order valence-electron chi connectivity index (χ3n) is 4.45. The van der Waals surface area contributed by atoms with Gasteiger partial charge in [-0.2, -0.15) is 0 Å². The molecule has 0 spiro atoms. The number of aromatic amines is 1. The van der Waals surface area contributed by atoms with Gasteiger partial charge in [0.1, 0.15) is 11.8 Å². The highest BCUT2D eigenvalue weighted by Gasteiger charge is 2.28. The number of hydrogen-bond donors (Lipinski definition) is 2. The number of ether oxygens (including phenoxy) is 1. The highest BCUT2D eigenvalue weighted by atomic mass is 16.5. The standard InChI is InChI=1S/C15H23N5O/c1-3-10(4-2)12-7-11(5-6-21-12)20-15-13-14(17-8-16-13)18-9-19-15/h8-12H,3-7H2,1-2H3,(H2,16,17,18,19,20). The maximum absolute atomic E-state index is 5.97. The number of nitrogens with one attached hydrogen (secondary N) is 2. The zero-order valence-electron chi connectivity index (χ0n) is 12.7. The number of hydrogen-bond acceptors (Lipinski definition) is 5. The van der Waals surface area contributed by atoms with E-state index in [1.165, 1.54) is 12.8 Å². The van der Waals surface area contributed by atoms with Gasteiger partial charge in [0.25, 0.3) is 0 Å². The lowest BCUT2D eigenvalue weighted by Gasteiger charge is -2.34. The minimum Gasteiger partial charge on any atom is -0.378 e. The Hall–Kier alpha value is -1.69. The van der Waals surface area contributed by atoms with E-state index in [-0.39, 0.29) is 0 Å². The summed E-state index contributed by atoms with van der Waals surface area (Å²) >= 11 is 0. The van der Waals surface area contributed by atoms with Gasteiger partial charge >= 0.3 is 0 Å². The van der Waals surface area contributed by atoms with Crippen LogP contribution >= 0.6 is 0 Å². The van der Waals surface area contributed by atoms with Crippen molar-refractivity contribution in [3.8, 4) is 0 Å². The second-order valence-corrected chi connectivity index (χ2v) is 5.67. The molecule has 6 heteroatoms. The van der Waals surface area contributed by atoms with Crippen molar-refractivity contribution in [2.45, 2.75) is 51.7 Å². The normalized spacial score (nSPS) is 22.8. The molecule has 3 rings (SSSR count). The van der Waals surface area contributed by atoms with Gasteiger partial charge < -0.3 is 15.0 Å². The molecule has 2 atom stereocenters. The molecule has 0 aromatic carbocycles. The van der Waals surface area contributed by atoms with Gasteiger partial charge in [-0.3, -0.25) is 0 Å². The summed E-state index contributed by atoms with van der Waals surface area (Å²) in [7, 11) is 0. The summed E-state index contributed by atoms with van der Waals surface area (Å²) in [4.78, 5) is 15.8. The van der Waals surface area contributed by atoms with Crippen molar-refractivity contribution >= 4 is 17.0 Å². The van der Waals surface area contributed by atoms with Crippen LogP contribution < -0.4 is 5.32 Å². The number of nitrogens with zero attached hydrogens (tertiary/aromatic N) is 3. The van der Waals surface area contributed by atoms with Gasteiger partial charge in [0.2, 0.25) is 0 Å². The summed E-state index contributed by atoms with van der Waals surface area (Å²) < 4.78 is 5.97. The van der Waals surface area contributed by atoms with E-state index in [2.05, 4.69) is 39.1 Å². The molecule has 114 valence electrons. The third-order valence-corrected chi connectivity index (χ3v) is 4.45. The molecule has 1 aliphatic rings. The fourth-order valence-corrected chi connectivity index (χ4v) is 3.17. The molecule has 3 heterocycles. The van der Waals surface area contributed by atoms with E-state index in [1.807, 2.05) is 0 Å². The van der Waals surface area contributed by atoms with Gasteiger partial charge in [-0.05, 0) is 18.8 Å². The Morgan fingerprint density at radius 1 is 1.33 bits per heavy atom. The Balaban J connectivity index is 1.71. The third kappa shape index (κ3) is 3.00. The zero-order chi connectivity index (χ0) is 14.7. The van der Waals surface area contributed by atoms with E-state index in [0.717, 1.165) is 30.8 Å². The number of rotatable bonds is 5. The lowest BCUT2D eigenvalue weighted by molar-refractivity contribution is -0.0271. The predicted octanol–water partition coefficient (Wildman–Crippen LogP) is 2.75. The number of aromatic nitrogens is 4. The molecule has 0 amide bonds. The maximum Gasteiger partial charge on any atom is 0.182 e. The van der Waals surface area contributed by atoms with Crippen LogP contribution in [0.5, 0.6) is 0 Å². The molecular weight excluding hydrogens is 266 g/mol. The van der Waals surface area contributed by atoms with Crippen molar-refractivity contribution in [3.05, 3.63) is 12.7 Å². The van der Waals surface area contributed by atoms with Crippen molar-refractivity contribution in [1.29, 1.82) is 0 Å². The average molecular weight is 289 g/mol. The number of fused-ring (bicyclic) bond motifs is 1. The van der Waals surface area contributed by atoms with Gasteiger partial charge in [0.05, 0.1) is 12.4 Å². The number of anilines is 1. The van der Waals surface area contributed by atoms with Crippen LogP contribution in [-0.4, -0.2) is 38.7 Å². The molecule has 1 aliphatic heterocycles. The van der Waals surface area contributed by atoms with Crippen LogP contribution in [0.4, 0.5) is 5.82 Å². The fraction of sp³-hybridized carbons (Fsp3) is 0.667. The topological polar surface area (TPSA) is 75.7 Å². The lowest BCUT2D eigenvalue weighted by atomic mass is 9.89. The minimum absolute atomic E-state index is 0.352. The van der Waals surface area contributed by atoms with Crippen molar-refractivity contribution < 1.29 is 4.74 Å². The van der Waals surface area contributed by atoms with E-state index >= 15 is 0 Å². The second-order valence-electron chi connectivity index (χ2n) is 5.67. The molecule has 2 N–H and O–H groups in total. The second kappa shape index (κ2) is 6.39. The van der Waals surface area contributed by atoms with Gasteiger partial charge in [0.15, 0.2) is 11.5 Å². The van der Waals surface area contributed by atoms with Crippen LogP contribution in [0.1, 0.15) is 39.5 Å². The van der Waals surface area contributed by atoms with Crippen LogP contribution in [0.25, 0.3) is 11.2 Å². The molecule has 6 nitrogen and oxygen atoms in total. The highest BCUT2D eigenvalue weighted by molar-refractivity contribution is 5.82. The van der Waals surface area contributed by atoms with Gasteiger partial charge in [-0.1, -0.05) is 26.7 Å². The van der Waals surface area contributed by atoms with Crippen LogP contribution in [0.3, 0.4) is 0 Å². The molecule has 2 unspecified atom stereocenters. The zero-order valence-corrected chi connectivity index (χ0v) is 12.7. The molecule has 0 radical (unpaired) electrons. The van der Waals surface area contributed by atoms with Crippen LogP contribution in [0.15, 0.2) is 12.7 Å². The summed E-state index contributed by atoms with van der Waals surface area (Å²) in [6.07, 6.45) is 7.95. The van der Waals surface area contributed by atoms with E-state index in [0.29, 0.717) is 23.7 Å². The summed E-state index contributed by atoms with van der Waals surface area (Å²) in [5.41, 5.74) is 1.58. The van der Waals surface area contributed by atoms with Gasteiger partial charge in [-0.15, -0.1) is 0 Å². The monoisotopic (exact) mass is 289 g/mol. The van der Waals surface area contributed by atoms with Crippen molar-refractivity contribution in [2.75, 3.05) is 11.9 Å². The Morgan fingerprint density at radius 2 is 2.19 bits per heavy atom. The molecular formula is C15H23N5O. The van der Waals surface area contributed by atoms with Gasteiger partial charge in [-0.25, -0.2) is 15.0 Å². The molecule has 2 aromatic rings. The van der Waals surface area contributed by atoms with E-state index in [1.54, 1.807) is 12.7 Å². The summed E-state index contributed by atoms with van der Waals surface area (Å²) in [5.74, 6) is 1.49. The van der Waals surface area contributed by atoms with Crippen molar-refractivity contribution in [2.24, 2.45) is 5.92 Å². The Labute approximate surface area is 124 Å². The highest BCUT2D eigenvalue weighted by Crippen LogP contribution is 2.27. The average Bonchev–Trinajstić information content (AvgIpc) is 2.99. The molecule has 1 saturated heterocycles. The first-order valence-electron chi connectivity index (χ1n) is 7.84. The van der Waals surface area contributed by atoms with Crippen molar-refractivity contribution in [1.82, 2.24) is 19.9 Å². The first-order valence-corrected chi connectivity index (χ1v) is 7.84. The fourth-order valence-electron chi connectivity index (χ4n) is 3.17. The summed E-state index contributed by atoms with van der Waals surface area (Å²) in [6.45, 7) is 5.30. The van der Waals surface area contributed by atoms with Crippen LogP contribution in [-0.2, 0) is 4.74 Å². The quantitative estimate of drug-likeness (QED) is 0.885. The SMILES string of the molecule is CCC(CC)C1CC(Nc2ncnc3nc[nH]c23)CCO1. The van der Waals surface area contributed by atoms with Crippen molar-refractivity contribution in [3.63, 3.8) is 0 Å². The Kier molecular flexibility index (Phi) is 4.34. The van der Waals surface area contributed by atoms with E-state index in [4.69, 9.17) is 4.74 Å². The molecule has 0 bridgehead atoms. The first kappa shape index (κ1) is 14.3. The summed E-state index contributed by atoms with van der Waals surface area (Å²) in [6, 6.07) is 0.394. The predicted molar refractivity (Wildman–Crippen MR) is 82.1 cm³/mol. The molecule has 0 saturated carbocycles. The molecule has 21 heavy (non-hydrogen) atoms. The molecule has 1 fully saturated rings. The largest absolute Gasteiger partial charge is 0.378 e. The Morgan fingerprint density at radius 3 is 3.00 bits per heavy atom. The Bertz CT molecular complexity index is 580. The maximum atomic E-state index is 5.97. The first-order chi connectivity index (χ1) is 10.3. The van der Waals surface area contributed by atoms with Crippen LogP contribution in [0.2, 0.25) is 0 Å². The number of imidazole rings is 1. The molecule has 2 aromatic heterocycles.